The quantitative estimate of drug-likeness (QED) is 0.885. The highest BCUT2D eigenvalue weighted by molar-refractivity contribution is 5.85. The van der Waals surface area contributed by atoms with Crippen molar-refractivity contribution in [2.24, 2.45) is 0 Å². The minimum atomic E-state index is -0.996. The molecular formula is C15H18N2O4. The minimum absolute atomic E-state index is 0.0262. The van der Waals surface area contributed by atoms with E-state index < -0.39 is 5.97 Å². The summed E-state index contributed by atoms with van der Waals surface area (Å²) in [6, 6.07) is 8.72. The van der Waals surface area contributed by atoms with Gasteiger partial charge in [0.1, 0.15) is 29.5 Å². The van der Waals surface area contributed by atoms with Crippen molar-refractivity contribution in [2.75, 3.05) is 7.11 Å². The minimum Gasteiger partial charge on any atom is -0.497 e. The zero-order chi connectivity index (χ0) is 15.4. The fourth-order valence-electron chi connectivity index (χ4n) is 1.92. The molecule has 0 unspecified atom stereocenters. The number of hydrogen-bond donors (Lipinski definition) is 1. The molecule has 0 bridgehead atoms. The Bertz CT molecular complexity index is 634. The summed E-state index contributed by atoms with van der Waals surface area (Å²) in [7, 11) is 1.59. The van der Waals surface area contributed by atoms with E-state index in [1.807, 2.05) is 26.0 Å². The van der Waals surface area contributed by atoms with Crippen molar-refractivity contribution >= 4 is 5.97 Å². The molecule has 0 spiro atoms. The maximum atomic E-state index is 11.2. The number of ether oxygens (including phenoxy) is 2. The number of benzene rings is 1. The maximum Gasteiger partial charge on any atom is 0.354 e. The first kappa shape index (κ1) is 14.9. The number of carboxylic acid groups (broad SMARTS) is 1. The van der Waals surface area contributed by atoms with Crippen molar-refractivity contribution in [1.82, 2.24) is 9.78 Å². The Labute approximate surface area is 122 Å². The van der Waals surface area contributed by atoms with Crippen LogP contribution >= 0.6 is 0 Å². The van der Waals surface area contributed by atoms with Crippen molar-refractivity contribution in [2.45, 2.75) is 26.5 Å². The van der Waals surface area contributed by atoms with Gasteiger partial charge in [-0.15, -0.1) is 0 Å². The molecule has 0 aliphatic carbocycles. The third kappa shape index (κ3) is 3.53. The van der Waals surface area contributed by atoms with Crippen molar-refractivity contribution < 1.29 is 19.4 Å². The Morgan fingerprint density at radius 1 is 1.33 bits per heavy atom. The molecule has 1 aromatic heterocycles. The van der Waals surface area contributed by atoms with E-state index in [9.17, 15) is 4.79 Å². The normalized spacial score (nSPS) is 10.7. The van der Waals surface area contributed by atoms with Gasteiger partial charge in [0.05, 0.1) is 7.11 Å². The molecule has 0 atom stereocenters. The summed E-state index contributed by atoms with van der Waals surface area (Å²) in [6.45, 7) is 3.96. The first-order chi connectivity index (χ1) is 10.0. The van der Waals surface area contributed by atoms with Gasteiger partial charge in [-0.3, -0.25) is 4.68 Å². The molecule has 0 aliphatic heterocycles. The van der Waals surface area contributed by atoms with E-state index in [2.05, 4.69) is 5.10 Å². The number of aromatic nitrogens is 2. The summed E-state index contributed by atoms with van der Waals surface area (Å²) in [5.74, 6) is 0.348. The van der Waals surface area contributed by atoms with Gasteiger partial charge >= 0.3 is 5.97 Å². The van der Waals surface area contributed by atoms with Gasteiger partial charge in [0.25, 0.3) is 0 Å². The Kier molecular flexibility index (Phi) is 4.47. The summed E-state index contributed by atoms with van der Waals surface area (Å²) in [5, 5.41) is 13.4. The Morgan fingerprint density at radius 2 is 2.05 bits per heavy atom. The smallest absolute Gasteiger partial charge is 0.354 e. The van der Waals surface area contributed by atoms with Gasteiger partial charge in [0.15, 0.2) is 0 Å². The maximum absolute atomic E-state index is 11.2. The molecule has 0 amide bonds. The third-order valence-corrected chi connectivity index (χ3v) is 2.92. The van der Waals surface area contributed by atoms with E-state index in [0.29, 0.717) is 17.2 Å². The lowest BCUT2D eigenvalue weighted by molar-refractivity contribution is 0.0681. The molecule has 1 aromatic carbocycles. The number of carbonyl (C=O) groups is 1. The molecule has 1 N–H and O–H groups in total. The average Bonchev–Trinajstić information content (AvgIpc) is 2.90. The molecule has 0 saturated heterocycles. The van der Waals surface area contributed by atoms with Crippen LogP contribution in [0.25, 0.3) is 0 Å². The van der Waals surface area contributed by atoms with Crippen LogP contribution in [0.1, 0.15) is 36.1 Å². The highest BCUT2D eigenvalue weighted by Crippen LogP contribution is 2.20. The summed E-state index contributed by atoms with van der Waals surface area (Å²) in [6.07, 6.45) is 0. The second-order valence-corrected chi connectivity index (χ2v) is 4.83. The molecule has 6 heteroatoms. The van der Waals surface area contributed by atoms with Crippen molar-refractivity contribution in [3.05, 3.63) is 41.7 Å². The molecule has 2 rings (SSSR count). The number of aromatic carboxylic acids is 1. The molecule has 0 fully saturated rings. The van der Waals surface area contributed by atoms with Gasteiger partial charge in [-0.25, -0.2) is 4.79 Å². The topological polar surface area (TPSA) is 73.6 Å². The number of rotatable bonds is 6. The van der Waals surface area contributed by atoms with Gasteiger partial charge < -0.3 is 14.6 Å². The fraction of sp³-hybridized carbons (Fsp3) is 0.333. The van der Waals surface area contributed by atoms with Crippen molar-refractivity contribution in [3.8, 4) is 11.5 Å². The first-order valence-corrected chi connectivity index (χ1v) is 6.60. The van der Waals surface area contributed by atoms with Crippen LogP contribution in [0.2, 0.25) is 0 Å². The number of nitrogens with zero attached hydrogens (tertiary/aromatic N) is 2. The van der Waals surface area contributed by atoms with Crippen molar-refractivity contribution in [1.29, 1.82) is 0 Å². The van der Waals surface area contributed by atoms with E-state index in [1.165, 1.54) is 10.7 Å². The highest BCUT2D eigenvalue weighted by Gasteiger charge is 2.16. The van der Waals surface area contributed by atoms with Gasteiger partial charge in [0, 0.05) is 12.1 Å². The molecule has 0 radical (unpaired) electrons. The summed E-state index contributed by atoms with van der Waals surface area (Å²) < 4.78 is 12.2. The summed E-state index contributed by atoms with van der Waals surface area (Å²) in [4.78, 5) is 11.2. The summed E-state index contributed by atoms with van der Waals surface area (Å²) in [5.41, 5.74) is 0.734. The third-order valence-electron chi connectivity index (χ3n) is 2.92. The second kappa shape index (κ2) is 6.30. The second-order valence-electron chi connectivity index (χ2n) is 4.83. The average molecular weight is 290 g/mol. The molecule has 6 nitrogen and oxygen atoms in total. The standard InChI is InChI=1S/C15H18N2O4/c1-10(2)17-14(15(18)19)7-11(16-17)9-21-13-6-4-5-12(8-13)20-3/h4-8,10H,9H2,1-3H3,(H,18,19). The molecule has 0 saturated carbocycles. The van der Waals surface area contributed by atoms with Gasteiger partial charge in [-0.1, -0.05) is 6.07 Å². The molecule has 112 valence electrons. The van der Waals surface area contributed by atoms with Gasteiger partial charge in [-0.05, 0) is 32.0 Å². The van der Waals surface area contributed by atoms with Gasteiger partial charge in [0.2, 0.25) is 0 Å². The number of hydrogen-bond acceptors (Lipinski definition) is 4. The van der Waals surface area contributed by atoms with Crippen LogP contribution in [0.3, 0.4) is 0 Å². The van der Waals surface area contributed by atoms with Crippen LogP contribution in [-0.2, 0) is 6.61 Å². The van der Waals surface area contributed by atoms with Crippen LogP contribution in [0.15, 0.2) is 30.3 Å². The lowest BCUT2D eigenvalue weighted by Crippen LogP contribution is -2.12. The number of carboxylic acids is 1. The van der Waals surface area contributed by atoms with Gasteiger partial charge in [-0.2, -0.15) is 5.10 Å². The van der Waals surface area contributed by atoms with E-state index in [-0.39, 0.29) is 18.3 Å². The van der Waals surface area contributed by atoms with Crippen LogP contribution in [0.5, 0.6) is 11.5 Å². The van der Waals surface area contributed by atoms with E-state index in [1.54, 1.807) is 19.2 Å². The van der Waals surface area contributed by atoms with E-state index >= 15 is 0 Å². The SMILES string of the molecule is COc1cccc(OCc2cc(C(=O)O)n(C(C)C)n2)c1. The first-order valence-electron chi connectivity index (χ1n) is 6.60. The summed E-state index contributed by atoms with van der Waals surface area (Å²) >= 11 is 0. The van der Waals surface area contributed by atoms with Crippen molar-refractivity contribution in [3.63, 3.8) is 0 Å². The zero-order valence-electron chi connectivity index (χ0n) is 12.2. The fourth-order valence-corrected chi connectivity index (χ4v) is 1.92. The van der Waals surface area contributed by atoms with Crippen LogP contribution in [-0.4, -0.2) is 28.0 Å². The van der Waals surface area contributed by atoms with Crippen LogP contribution < -0.4 is 9.47 Å². The lowest BCUT2D eigenvalue weighted by Gasteiger charge is -2.08. The Balaban J connectivity index is 2.12. The molecular weight excluding hydrogens is 272 g/mol. The highest BCUT2D eigenvalue weighted by atomic mass is 16.5. The molecule has 2 aromatic rings. The largest absolute Gasteiger partial charge is 0.497 e. The molecule has 21 heavy (non-hydrogen) atoms. The van der Waals surface area contributed by atoms with Crippen LogP contribution in [0.4, 0.5) is 0 Å². The zero-order valence-corrected chi connectivity index (χ0v) is 12.2. The lowest BCUT2D eigenvalue weighted by atomic mass is 10.3. The predicted octanol–water partition coefficient (Wildman–Crippen LogP) is 2.75. The number of methoxy groups -OCH3 is 1. The molecule has 0 aliphatic rings. The molecule has 1 heterocycles. The van der Waals surface area contributed by atoms with E-state index in [0.717, 1.165) is 0 Å². The Hall–Kier alpha value is -2.50. The predicted molar refractivity (Wildman–Crippen MR) is 76.9 cm³/mol. The van der Waals surface area contributed by atoms with Crippen LogP contribution in [0, 0.1) is 0 Å². The van der Waals surface area contributed by atoms with E-state index in [4.69, 9.17) is 14.6 Å². The Morgan fingerprint density at radius 3 is 2.62 bits per heavy atom. The monoisotopic (exact) mass is 290 g/mol.